The first-order valence-corrected chi connectivity index (χ1v) is 6.09. The van der Waals surface area contributed by atoms with Crippen molar-refractivity contribution < 1.29 is 9.47 Å². The predicted molar refractivity (Wildman–Crippen MR) is 60.0 cm³/mol. The molecule has 88 valence electrons. The summed E-state index contributed by atoms with van der Waals surface area (Å²) in [7, 11) is 1.82. The van der Waals surface area contributed by atoms with Crippen molar-refractivity contribution in [3.05, 3.63) is 0 Å². The molecule has 2 fully saturated rings. The van der Waals surface area contributed by atoms with Crippen molar-refractivity contribution in [2.45, 2.75) is 50.9 Å². The summed E-state index contributed by atoms with van der Waals surface area (Å²) < 4.78 is 11.6. The van der Waals surface area contributed by atoms with Crippen LogP contribution < -0.4 is 0 Å². The van der Waals surface area contributed by atoms with Gasteiger partial charge in [0.25, 0.3) is 0 Å². The standard InChI is InChI=1S/C12H23NO2/c1-10(2)13-7-5-11(14-3)12(9-13)6-4-8-15-12/h10-11H,4-9H2,1-3H3/t11-,12-/m0/s1. The van der Waals surface area contributed by atoms with Gasteiger partial charge in [-0.25, -0.2) is 0 Å². The van der Waals surface area contributed by atoms with Gasteiger partial charge in [-0.1, -0.05) is 0 Å². The van der Waals surface area contributed by atoms with Crippen molar-refractivity contribution in [3.63, 3.8) is 0 Å². The first kappa shape index (κ1) is 11.4. The molecule has 2 rings (SSSR count). The Bertz CT molecular complexity index is 212. The molecule has 3 nitrogen and oxygen atoms in total. The fraction of sp³-hybridized carbons (Fsp3) is 1.00. The zero-order valence-corrected chi connectivity index (χ0v) is 10.2. The molecule has 0 N–H and O–H groups in total. The van der Waals surface area contributed by atoms with Gasteiger partial charge in [-0.15, -0.1) is 0 Å². The molecule has 2 aliphatic rings. The van der Waals surface area contributed by atoms with Gasteiger partial charge in [0.05, 0.1) is 6.10 Å². The van der Waals surface area contributed by atoms with Crippen molar-refractivity contribution >= 4 is 0 Å². The Morgan fingerprint density at radius 3 is 2.80 bits per heavy atom. The highest BCUT2D eigenvalue weighted by atomic mass is 16.5. The largest absolute Gasteiger partial charge is 0.378 e. The lowest BCUT2D eigenvalue weighted by Crippen LogP contribution is -2.58. The molecular weight excluding hydrogens is 190 g/mol. The number of rotatable bonds is 2. The van der Waals surface area contributed by atoms with E-state index in [-0.39, 0.29) is 5.60 Å². The van der Waals surface area contributed by atoms with Gasteiger partial charge in [-0.2, -0.15) is 0 Å². The minimum atomic E-state index is -0.00271. The van der Waals surface area contributed by atoms with Crippen LogP contribution in [-0.4, -0.2) is 49.5 Å². The quantitative estimate of drug-likeness (QED) is 0.696. The van der Waals surface area contributed by atoms with Gasteiger partial charge >= 0.3 is 0 Å². The SMILES string of the molecule is CO[C@H]1CCN(C(C)C)C[C@@]12CCCO2. The van der Waals surface area contributed by atoms with E-state index in [0.717, 1.165) is 32.5 Å². The van der Waals surface area contributed by atoms with Crippen LogP contribution in [-0.2, 0) is 9.47 Å². The van der Waals surface area contributed by atoms with Crippen LogP contribution in [0, 0.1) is 0 Å². The zero-order chi connectivity index (χ0) is 10.9. The summed E-state index contributed by atoms with van der Waals surface area (Å²) in [5.74, 6) is 0. The van der Waals surface area contributed by atoms with Crippen molar-refractivity contribution in [1.29, 1.82) is 0 Å². The molecule has 0 amide bonds. The van der Waals surface area contributed by atoms with Crippen LogP contribution in [0.2, 0.25) is 0 Å². The average molecular weight is 213 g/mol. The van der Waals surface area contributed by atoms with E-state index in [1.807, 2.05) is 7.11 Å². The number of nitrogens with zero attached hydrogens (tertiary/aromatic N) is 1. The summed E-state index contributed by atoms with van der Waals surface area (Å²) in [5.41, 5.74) is -0.00271. The lowest BCUT2D eigenvalue weighted by molar-refractivity contribution is -0.147. The molecule has 0 radical (unpaired) electrons. The Kier molecular flexibility index (Phi) is 3.33. The summed E-state index contributed by atoms with van der Waals surface area (Å²) in [6.45, 7) is 7.61. The third-order valence-electron chi connectivity index (χ3n) is 3.88. The van der Waals surface area contributed by atoms with Crippen LogP contribution in [0.1, 0.15) is 33.1 Å². The molecule has 15 heavy (non-hydrogen) atoms. The lowest BCUT2D eigenvalue weighted by atomic mass is 9.86. The van der Waals surface area contributed by atoms with Gasteiger partial charge < -0.3 is 9.47 Å². The zero-order valence-electron chi connectivity index (χ0n) is 10.2. The van der Waals surface area contributed by atoms with Gasteiger partial charge in [0.1, 0.15) is 5.60 Å². The van der Waals surface area contributed by atoms with Crippen molar-refractivity contribution in [1.82, 2.24) is 4.90 Å². The van der Waals surface area contributed by atoms with E-state index in [1.54, 1.807) is 0 Å². The number of hydrogen-bond acceptors (Lipinski definition) is 3. The van der Waals surface area contributed by atoms with Crippen molar-refractivity contribution in [3.8, 4) is 0 Å². The summed E-state index contributed by atoms with van der Waals surface area (Å²) in [5, 5.41) is 0. The molecule has 2 saturated heterocycles. The molecule has 0 aromatic carbocycles. The molecule has 0 saturated carbocycles. The monoisotopic (exact) mass is 213 g/mol. The Labute approximate surface area is 92.7 Å². The van der Waals surface area contributed by atoms with Gasteiger partial charge in [0.2, 0.25) is 0 Å². The second kappa shape index (κ2) is 4.40. The maximum absolute atomic E-state index is 6.00. The van der Waals surface area contributed by atoms with E-state index in [1.165, 1.54) is 6.42 Å². The number of piperidine rings is 1. The van der Waals surface area contributed by atoms with Crippen molar-refractivity contribution in [2.75, 3.05) is 26.8 Å². The summed E-state index contributed by atoms with van der Waals surface area (Å²) >= 11 is 0. The number of ether oxygens (including phenoxy) is 2. The molecule has 0 aromatic heterocycles. The molecular formula is C12H23NO2. The van der Waals surface area contributed by atoms with Crippen LogP contribution in [0.3, 0.4) is 0 Å². The molecule has 0 bridgehead atoms. The second-order valence-electron chi connectivity index (χ2n) is 5.09. The maximum Gasteiger partial charge on any atom is 0.107 e. The third kappa shape index (κ3) is 2.05. The highest BCUT2D eigenvalue weighted by molar-refractivity contribution is 4.99. The van der Waals surface area contributed by atoms with E-state index >= 15 is 0 Å². The third-order valence-corrected chi connectivity index (χ3v) is 3.88. The molecule has 2 aliphatic heterocycles. The predicted octanol–water partition coefficient (Wildman–Crippen LogP) is 1.66. The van der Waals surface area contributed by atoms with Crippen LogP contribution >= 0.6 is 0 Å². The smallest absolute Gasteiger partial charge is 0.107 e. The Balaban J connectivity index is 2.08. The Morgan fingerprint density at radius 1 is 1.47 bits per heavy atom. The lowest BCUT2D eigenvalue weighted by Gasteiger charge is -2.46. The number of hydrogen-bond donors (Lipinski definition) is 0. The van der Waals surface area contributed by atoms with E-state index in [2.05, 4.69) is 18.7 Å². The summed E-state index contributed by atoms with van der Waals surface area (Å²) in [6, 6.07) is 0.615. The van der Waals surface area contributed by atoms with Crippen LogP contribution in [0.15, 0.2) is 0 Å². The Morgan fingerprint density at radius 2 is 2.27 bits per heavy atom. The first-order chi connectivity index (χ1) is 7.18. The van der Waals surface area contributed by atoms with Crippen LogP contribution in [0.25, 0.3) is 0 Å². The topological polar surface area (TPSA) is 21.7 Å². The fourth-order valence-electron chi connectivity index (χ4n) is 2.94. The normalized spacial score (nSPS) is 38.0. The maximum atomic E-state index is 6.00. The molecule has 0 aromatic rings. The molecule has 2 atom stereocenters. The van der Waals surface area contributed by atoms with Gasteiger partial charge in [-0.05, 0) is 33.1 Å². The Hall–Kier alpha value is -0.120. The number of likely N-dealkylation sites (tertiary alicyclic amines) is 1. The average Bonchev–Trinajstić information content (AvgIpc) is 2.67. The van der Waals surface area contributed by atoms with Crippen LogP contribution in [0.5, 0.6) is 0 Å². The second-order valence-corrected chi connectivity index (χ2v) is 5.09. The molecule has 0 unspecified atom stereocenters. The van der Waals surface area contributed by atoms with E-state index in [9.17, 15) is 0 Å². The minimum absolute atomic E-state index is 0.00271. The fourth-order valence-corrected chi connectivity index (χ4v) is 2.94. The highest BCUT2D eigenvalue weighted by Crippen LogP contribution is 2.36. The number of methoxy groups -OCH3 is 1. The van der Waals surface area contributed by atoms with E-state index in [4.69, 9.17) is 9.47 Å². The van der Waals surface area contributed by atoms with E-state index < -0.39 is 0 Å². The van der Waals surface area contributed by atoms with Gasteiger partial charge in [-0.3, -0.25) is 4.90 Å². The molecule has 1 spiro atoms. The van der Waals surface area contributed by atoms with Crippen molar-refractivity contribution in [2.24, 2.45) is 0 Å². The molecule has 0 aliphatic carbocycles. The van der Waals surface area contributed by atoms with Gasteiger partial charge in [0, 0.05) is 32.8 Å². The first-order valence-electron chi connectivity index (χ1n) is 6.09. The van der Waals surface area contributed by atoms with Gasteiger partial charge in [0.15, 0.2) is 0 Å². The summed E-state index contributed by atoms with van der Waals surface area (Å²) in [4.78, 5) is 2.51. The van der Waals surface area contributed by atoms with Crippen LogP contribution in [0.4, 0.5) is 0 Å². The summed E-state index contributed by atoms with van der Waals surface area (Å²) in [6.07, 6.45) is 3.75. The molecule has 2 heterocycles. The van der Waals surface area contributed by atoms with E-state index in [0.29, 0.717) is 12.1 Å². The minimum Gasteiger partial charge on any atom is -0.378 e. The highest BCUT2D eigenvalue weighted by Gasteiger charge is 2.47. The molecule has 3 heteroatoms.